The molecule has 2 aliphatic carbocycles. The summed E-state index contributed by atoms with van der Waals surface area (Å²) in [5.41, 5.74) is 0. The minimum atomic E-state index is -4.07. The molecule has 110 valence electrons. The van der Waals surface area contributed by atoms with Crippen LogP contribution in [0, 0.1) is 23.7 Å². The predicted octanol–water partition coefficient (Wildman–Crippen LogP) is 2.51. The van der Waals surface area contributed by atoms with Gasteiger partial charge in [-0.2, -0.15) is 13.2 Å². The molecule has 0 aromatic rings. The van der Waals surface area contributed by atoms with Crippen molar-refractivity contribution in [2.24, 2.45) is 23.7 Å². The molecule has 3 aliphatic rings. The van der Waals surface area contributed by atoms with Gasteiger partial charge < -0.3 is 10.2 Å². The van der Waals surface area contributed by atoms with Gasteiger partial charge in [-0.05, 0) is 37.0 Å². The fraction of sp³-hybridized carbons (Fsp3) is 1.00. The van der Waals surface area contributed by atoms with E-state index in [0.717, 1.165) is 24.9 Å². The first-order valence-corrected chi connectivity index (χ1v) is 7.52. The SMILES string of the molecule is FC(F)(F)C1CNCCN(CC2CC3CCC2C3)C1. The van der Waals surface area contributed by atoms with Crippen molar-refractivity contribution in [2.75, 3.05) is 32.7 Å². The summed E-state index contributed by atoms with van der Waals surface area (Å²) in [6.07, 6.45) is 1.19. The molecule has 4 unspecified atom stereocenters. The Morgan fingerprint density at radius 1 is 1.16 bits per heavy atom. The fourth-order valence-corrected chi connectivity index (χ4v) is 4.30. The van der Waals surface area contributed by atoms with Gasteiger partial charge in [-0.3, -0.25) is 0 Å². The largest absolute Gasteiger partial charge is 0.394 e. The molecule has 1 saturated heterocycles. The first-order chi connectivity index (χ1) is 9.02. The molecule has 0 radical (unpaired) electrons. The van der Waals surface area contributed by atoms with Gasteiger partial charge in [-0.1, -0.05) is 6.42 Å². The van der Waals surface area contributed by atoms with Crippen molar-refractivity contribution in [3.05, 3.63) is 0 Å². The molecule has 0 aromatic carbocycles. The van der Waals surface area contributed by atoms with E-state index in [1.54, 1.807) is 0 Å². The van der Waals surface area contributed by atoms with E-state index in [1.165, 1.54) is 25.7 Å². The number of nitrogens with zero attached hydrogens (tertiary/aromatic N) is 1. The average Bonchev–Trinajstić information content (AvgIpc) is 2.85. The Balaban J connectivity index is 1.57. The van der Waals surface area contributed by atoms with Gasteiger partial charge in [0.1, 0.15) is 0 Å². The van der Waals surface area contributed by atoms with Gasteiger partial charge in [0.2, 0.25) is 0 Å². The fourth-order valence-electron chi connectivity index (χ4n) is 4.30. The van der Waals surface area contributed by atoms with Crippen LogP contribution in [0.1, 0.15) is 25.7 Å². The van der Waals surface area contributed by atoms with Crippen molar-refractivity contribution in [3.63, 3.8) is 0 Å². The second-order valence-corrected chi connectivity index (χ2v) is 6.64. The first kappa shape index (κ1) is 13.7. The molecule has 3 fully saturated rings. The summed E-state index contributed by atoms with van der Waals surface area (Å²) in [5.74, 6) is 1.13. The van der Waals surface area contributed by atoms with Crippen molar-refractivity contribution in [2.45, 2.75) is 31.9 Å². The maximum atomic E-state index is 12.9. The lowest BCUT2D eigenvalue weighted by atomic mass is 9.88. The summed E-state index contributed by atoms with van der Waals surface area (Å²) >= 11 is 0. The van der Waals surface area contributed by atoms with Gasteiger partial charge in [0, 0.05) is 32.7 Å². The van der Waals surface area contributed by atoms with Gasteiger partial charge in [-0.15, -0.1) is 0 Å². The molecule has 1 N–H and O–H groups in total. The molecular weight excluding hydrogens is 253 g/mol. The zero-order valence-corrected chi connectivity index (χ0v) is 11.3. The van der Waals surface area contributed by atoms with Crippen molar-refractivity contribution in [1.29, 1.82) is 0 Å². The number of hydrogen-bond acceptors (Lipinski definition) is 2. The molecular formula is C14H23F3N2. The van der Waals surface area contributed by atoms with Crippen LogP contribution in [0.3, 0.4) is 0 Å². The lowest BCUT2D eigenvalue weighted by molar-refractivity contribution is -0.176. The molecule has 4 atom stereocenters. The quantitative estimate of drug-likeness (QED) is 0.833. The van der Waals surface area contributed by atoms with Gasteiger partial charge in [0.15, 0.2) is 0 Å². The van der Waals surface area contributed by atoms with E-state index < -0.39 is 12.1 Å². The van der Waals surface area contributed by atoms with Crippen LogP contribution >= 0.6 is 0 Å². The highest BCUT2D eigenvalue weighted by molar-refractivity contribution is 4.92. The number of rotatable bonds is 2. The van der Waals surface area contributed by atoms with Crippen molar-refractivity contribution in [1.82, 2.24) is 10.2 Å². The molecule has 1 heterocycles. The Bertz CT molecular complexity index is 318. The lowest BCUT2D eigenvalue weighted by Crippen LogP contribution is -2.40. The topological polar surface area (TPSA) is 15.3 Å². The third kappa shape index (κ3) is 3.07. The highest BCUT2D eigenvalue weighted by Gasteiger charge is 2.43. The molecule has 2 bridgehead atoms. The molecule has 5 heteroatoms. The summed E-state index contributed by atoms with van der Waals surface area (Å²) in [6.45, 7) is 2.60. The number of hydrogen-bond donors (Lipinski definition) is 1. The van der Waals surface area contributed by atoms with Crippen molar-refractivity contribution < 1.29 is 13.2 Å². The highest BCUT2D eigenvalue weighted by atomic mass is 19.4. The summed E-state index contributed by atoms with van der Waals surface area (Å²) < 4.78 is 38.7. The first-order valence-electron chi connectivity index (χ1n) is 7.52. The zero-order chi connectivity index (χ0) is 13.5. The van der Waals surface area contributed by atoms with Crippen LogP contribution in [0.15, 0.2) is 0 Å². The normalized spacial score (nSPS) is 40.6. The van der Waals surface area contributed by atoms with E-state index in [4.69, 9.17) is 0 Å². The molecule has 1 aliphatic heterocycles. The lowest BCUT2D eigenvalue weighted by Gasteiger charge is -2.31. The van der Waals surface area contributed by atoms with Crippen LogP contribution < -0.4 is 5.32 Å². The minimum Gasteiger partial charge on any atom is -0.315 e. The Kier molecular flexibility index (Phi) is 3.78. The van der Waals surface area contributed by atoms with Crippen LogP contribution in [0.25, 0.3) is 0 Å². The van der Waals surface area contributed by atoms with Gasteiger partial charge in [0.25, 0.3) is 0 Å². The predicted molar refractivity (Wildman–Crippen MR) is 67.8 cm³/mol. The standard InChI is InChI=1S/C14H23F3N2/c15-14(16,17)13-7-18-3-4-19(9-13)8-12-6-10-1-2-11(12)5-10/h10-13,18H,1-9H2. The van der Waals surface area contributed by atoms with Crippen LogP contribution in [-0.2, 0) is 0 Å². The van der Waals surface area contributed by atoms with E-state index in [2.05, 4.69) is 10.2 Å². The molecule has 2 saturated carbocycles. The van der Waals surface area contributed by atoms with Crippen LogP contribution in [0.2, 0.25) is 0 Å². The second kappa shape index (κ2) is 5.24. The van der Waals surface area contributed by atoms with E-state index in [0.29, 0.717) is 12.5 Å². The molecule has 3 rings (SSSR count). The highest BCUT2D eigenvalue weighted by Crippen LogP contribution is 2.48. The average molecular weight is 276 g/mol. The number of nitrogens with one attached hydrogen (secondary N) is 1. The summed E-state index contributed by atoms with van der Waals surface area (Å²) in [4.78, 5) is 2.06. The molecule has 19 heavy (non-hydrogen) atoms. The number of halogens is 3. The Hall–Kier alpha value is -0.290. The van der Waals surface area contributed by atoms with Crippen LogP contribution in [0.5, 0.6) is 0 Å². The van der Waals surface area contributed by atoms with Crippen molar-refractivity contribution >= 4 is 0 Å². The van der Waals surface area contributed by atoms with Gasteiger partial charge >= 0.3 is 6.18 Å². The Labute approximate surface area is 112 Å². The third-order valence-electron chi connectivity index (χ3n) is 5.31. The Morgan fingerprint density at radius 2 is 2.00 bits per heavy atom. The number of fused-ring (bicyclic) bond motifs is 2. The summed E-state index contributed by atoms with van der Waals surface area (Å²) in [6, 6.07) is 0. The second-order valence-electron chi connectivity index (χ2n) is 6.64. The van der Waals surface area contributed by atoms with E-state index in [9.17, 15) is 13.2 Å². The molecule has 2 nitrogen and oxygen atoms in total. The number of alkyl halides is 3. The van der Waals surface area contributed by atoms with Crippen LogP contribution in [0.4, 0.5) is 13.2 Å². The van der Waals surface area contributed by atoms with E-state index in [1.807, 2.05) is 0 Å². The van der Waals surface area contributed by atoms with Crippen LogP contribution in [-0.4, -0.2) is 43.8 Å². The monoisotopic (exact) mass is 276 g/mol. The third-order valence-corrected chi connectivity index (χ3v) is 5.31. The minimum absolute atomic E-state index is 0.0801. The van der Waals surface area contributed by atoms with Gasteiger partial charge in [-0.25, -0.2) is 0 Å². The maximum Gasteiger partial charge on any atom is 0.394 e. The van der Waals surface area contributed by atoms with E-state index >= 15 is 0 Å². The zero-order valence-electron chi connectivity index (χ0n) is 11.3. The molecule has 0 spiro atoms. The molecule has 0 aromatic heterocycles. The van der Waals surface area contributed by atoms with E-state index in [-0.39, 0.29) is 13.1 Å². The smallest absolute Gasteiger partial charge is 0.315 e. The Morgan fingerprint density at radius 3 is 2.63 bits per heavy atom. The summed E-state index contributed by atoms with van der Waals surface area (Å²) in [7, 11) is 0. The molecule has 0 amide bonds. The van der Waals surface area contributed by atoms with Gasteiger partial charge in [0.05, 0.1) is 5.92 Å². The maximum absolute atomic E-state index is 12.9. The summed E-state index contributed by atoms with van der Waals surface area (Å²) in [5, 5.41) is 2.93. The van der Waals surface area contributed by atoms with Crippen molar-refractivity contribution in [3.8, 4) is 0 Å².